The molecule has 0 atom stereocenters. The summed E-state index contributed by atoms with van der Waals surface area (Å²) in [7, 11) is 0. The van der Waals surface area contributed by atoms with E-state index < -0.39 is 0 Å². The molecule has 1 nitrogen and oxygen atoms in total. The SMILES string of the molecule is O=C(c1cccc(-c2cccc3ccccc23)c1)c1cccc(-c2cccc3ccccc23)c1. The largest absolute Gasteiger partial charge is 0.289 e. The molecule has 0 aromatic heterocycles. The van der Waals surface area contributed by atoms with Gasteiger partial charge in [0.2, 0.25) is 0 Å². The van der Waals surface area contributed by atoms with Crippen molar-refractivity contribution in [2.75, 3.05) is 0 Å². The molecule has 1 heteroatoms. The smallest absolute Gasteiger partial charge is 0.193 e. The van der Waals surface area contributed by atoms with Crippen LogP contribution in [0.15, 0.2) is 133 Å². The van der Waals surface area contributed by atoms with Crippen LogP contribution in [0.25, 0.3) is 43.8 Å². The molecule has 0 unspecified atom stereocenters. The average molecular weight is 435 g/mol. The zero-order valence-corrected chi connectivity index (χ0v) is 18.6. The van der Waals surface area contributed by atoms with Gasteiger partial charge in [0.25, 0.3) is 0 Å². The average Bonchev–Trinajstić information content (AvgIpc) is 2.92. The van der Waals surface area contributed by atoms with Crippen molar-refractivity contribution in [2.45, 2.75) is 0 Å². The van der Waals surface area contributed by atoms with Crippen molar-refractivity contribution in [3.8, 4) is 22.3 Å². The third-order valence-electron chi connectivity index (χ3n) is 6.45. The molecule has 0 aliphatic carbocycles. The minimum atomic E-state index is 0.0316. The van der Waals surface area contributed by atoms with Crippen molar-refractivity contribution < 1.29 is 4.79 Å². The van der Waals surface area contributed by atoms with E-state index in [0.29, 0.717) is 11.1 Å². The number of carbonyl (C=O) groups is 1. The number of hydrogen-bond acceptors (Lipinski definition) is 1. The maximum Gasteiger partial charge on any atom is 0.193 e. The normalized spacial score (nSPS) is 11.1. The molecule has 0 N–H and O–H groups in total. The fraction of sp³-hybridized carbons (Fsp3) is 0. The fourth-order valence-corrected chi connectivity index (χ4v) is 4.78. The molecule has 0 fully saturated rings. The third kappa shape index (κ3) is 3.58. The Labute approximate surface area is 198 Å². The number of rotatable bonds is 4. The second-order valence-corrected chi connectivity index (χ2v) is 8.54. The first-order chi connectivity index (χ1) is 16.8. The molecule has 0 saturated heterocycles. The molecular weight excluding hydrogens is 412 g/mol. The molecule has 6 aromatic rings. The van der Waals surface area contributed by atoms with Crippen molar-refractivity contribution in [1.82, 2.24) is 0 Å². The van der Waals surface area contributed by atoms with Gasteiger partial charge in [-0.05, 0) is 55.9 Å². The van der Waals surface area contributed by atoms with Crippen molar-refractivity contribution >= 4 is 27.3 Å². The van der Waals surface area contributed by atoms with E-state index in [1.54, 1.807) is 0 Å². The summed E-state index contributed by atoms with van der Waals surface area (Å²) in [6.45, 7) is 0. The van der Waals surface area contributed by atoms with Gasteiger partial charge >= 0.3 is 0 Å². The van der Waals surface area contributed by atoms with Crippen molar-refractivity contribution in [3.05, 3.63) is 145 Å². The number of benzene rings is 6. The predicted octanol–water partition coefficient (Wildman–Crippen LogP) is 8.56. The van der Waals surface area contributed by atoms with Crippen LogP contribution in [0.5, 0.6) is 0 Å². The maximum absolute atomic E-state index is 13.5. The molecule has 6 rings (SSSR count). The summed E-state index contributed by atoms with van der Waals surface area (Å²) in [6.07, 6.45) is 0. The Morgan fingerprint density at radius 2 is 0.824 bits per heavy atom. The minimum Gasteiger partial charge on any atom is -0.289 e. The molecule has 160 valence electrons. The molecule has 0 heterocycles. The van der Waals surface area contributed by atoms with E-state index in [0.717, 1.165) is 22.3 Å². The quantitative estimate of drug-likeness (QED) is 0.254. The first-order valence-electron chi connectivity index (χ1n) is 11.5. The van der Waals surface area contributed by atoms with Gasteiger partial charge in [-0.25, -0.2) is 0 Å². The molecule has 34 heavy (non-hydrogen) atoms. The van der Waals surface area contributed by atoms with Crippen LogP contribution in [0.4, 0.5) is 0 Å². The predicted molar refractivity (Wildman–Crippen MR) is 142 cm³/mol. The zero-order chi connectivity index (χ0) is 22.9. The number of ketones is 1. The lowest BCUT2D eigenvalue weighted by Gasteiger charge is -2.10. The molecule has 6 aromatic carbocycles. The minimum absolute atomic E-state index is 0.0316. The van der Waals surface area contributed by atoms with E-state index >= 15 is 0 Å². The van der Waals surface area contributed by atoms with Gasteiger partial charge in [0, 0.05) is 11.1 Å². The first kappa shape index (κ1) is 20.1. The Balaban J connectivity index is 1.40. The van der Waals surface area contributed by atoms with Crippen LogP contribution in [-0.4, -0.2) is 5.78 Å². The number of hydrogen-bond donors (Lipinski definition) is 0. The van der Waals surface area contributed by atoms with E-state index in [4.69, 9.17) is 0 Å². The summed E-state index contributed by atoms with van der Waals surface area (Å²) in [4.78, 5) is 13.5. The van der Waals surface area contributed by atoms with Crippen LogP contribution in [0.1, 0.15) is 15.9 Å². The van der Waals surface area contributed by atoms with Gasteiger partial charge < -0.3 is 0 Å². The second-order valence-electron chi connectivity index (χ2n) is 8.54. The monoisotopic (exact) mass is 434 g/mol. The molecule has 0 bridgehead atoms. The van der Waals surface area contributed by atoms with Gasteiger partial charge in [-0.1, -0.05) is 121 Å². The topological polar surface area (TPSA) is 17.1 Å². The summed E-state index contributed by atoms with van der Waals surface area (Å²) in [5.41, 5.74) is 5.76. The molecule has 0 amide bonds. The van der Waals surface area contributed by atoms with Crippen LogP contribution in [0.3, 0.4) is 0 Å². The Bertz CT molecular complexity index is 1540. The van der Waals surface area contributed by atoms with Crippen LogP contribution < -0.4 is 0 Å². The standard InChI is InChI=1S/C33H22O/c34-33(27-15-5-13-25(21-27)31-19-7-11-23-9-1-3-17-29(23)31)28-16-6-14-26(22-28)32-20-8-12-24-10-2-4-18-30(24)32/h1-22H. The van der Waals surface area contributed by atoms with E-state index in [2.05, 4.69) is 97.1 Å². The summed E-state index contributed by atoms with van der Waals surface area (Å²) >= 11 is 0. The summed E-state index contributed by atoms with van der Waals surface area (Å²) < 4.78 is 0. The molecular formula is C33H22O. The van der Waals surface area contributed by atoms with E-state index in [-0.39, 0.29) is 5.78 Å². The van der Waals surface area contributed by atoms with Crippen LogP contribution in [0.2, 0.25) is 0 Å². The maximum atomic E-state index is 13.5. The number of fused-ring (bicyclic) bond motifs is 2. The summed E-state index contributed by atoms with van der Waals surface area (Å²) in [5, 5.41) is 4.76. The Kier molecular flexibility index (Phi) is 5.01. The molecule has 0 aliphatic heterocycles. The highest BCUT2D eigenvalue weighted by Crippen LogP contribution is 2.31. The van der Waals surface area contributed by atoms with E-state index in [1.165, 1.54) is 21.5 Å². The first-order valence-corrected chi connectivity index (χ1v) is 11.5. The lowest BCUT2D eigenvalue weighted by atomic mass is 9.93. The van der Waals surface area contributed by atoms with Gasteiger partial charge in [0.1, 0.15) is 0 Å². The lowest BCUT2D eigenvalue weighted by molar-refractivity contribution is 0.103. The van der Waals surface area contributed by atoms with Gasteiger partial charge in [0.05, 0.1) is 0 Å². The van der Waals surface area contributed by atoms with E-state index in [9.17, 15) is 4.79 Å². The molecule has 0 radical (unpaired) electrons. The van der Waals surface area contributed by atoms with Gasteiger partial charge in [0.15, 0.2) is 5.78 Å². The molecule has 0 saturated carbocycles. The Morgan fingerprint density at radius 3 is 1.32 bits per heavy atom. The summed E-state index contributed by atoms with van der Waals surface area (Å²) in [6, 6.07) is 45.2. The van der Waals surface area contributed by atoms with Crippen molar-refractivity contribution in [3.63, 3.8) is 0 Å². The van der Waals surface area contributed by atoms with Crippen LogP contribution >= 0.6 is 0 Å². The Hall–Kier alpha value is -4.49. The van der Waals surface area contributed by atoms with Crippen LogP contribution in [-0.2, 0) is 0 Å². The zero-order valence-electron chi connectivity index (χ0n) is 18.6. The van der Waals surface area contributed by atoms with Gasteiger partial charge in [-0.3, -0.25) is 4.79 Å². The van der Waals surface area contributed by atoms with Crippen molar-refractivity contribution in [1.29, 1.82) is 0 Å². The molecule has 0 spiro atoms. The highest BCUT2D eigenvalue weighted by atomic mass is 16.1. The van der Waals surface area contributed by atoms with Crippen molar-refractivity contribution in [2.24, 2.45) is 0 Å². The van der Waals surface area contributed by atoms with Gasteiger partial charge in [-0.15, -0.1) is 0 Å². The van der Waals surface area contributed by atoms with E-state index in [1.807, 2.05) is 36.4 Å². The second kappa shape index (κ2) is 8.46. The third-order valence-corrected chi connectivity index (χ3v) is 6.45. The fourth-order valence-electron chi connectivity index (χ4n) is 4.78. The van der Waals surface area contributed by atoms with Gasteiger partial charge in [-0.2, -0.15) is 0 Å². The highest BCUT2D eigenvalue weighted by Gasteiger charge is 2.13. The van der Waals surface area contributed by atoms with Crippen LogP contribution in [0, 0.1) is 0 Å². The molecule has 0 aliphatic rings. The lowest BCUT2D eigenvalue weighted by Crippen LogP contribution is -2.01. The highest BCUT2D eigenvalue weighted by molar-refractivity contribution is 6.11. The summed E-state index contributed by atoms with van der Waals surface area (Å²) in [5.74, 6) is 0.0316. The Morgan fingerprint density at radius 1 is 0.412 bits per heavy atom. The number of carbonyl (C=O) groups excluding carboxylic acids is 1.